The van der Waals surface area contributed by atoms with E-state index in [9.17, 15) is 9.59 Å². The van der Waals surface area contributed by atoms with Crippen LogP contribution in [0.2, 0.25) is 0 Å². The van der Waals surface area contributed by atoms with Crippen LogP contribution < -0.4 is 5.73 Å². The van der Waals surface area contributed by atoms with Gasteiger partial charge < -0.3 is 10.5 Å². The van der Waals surface area contributed by atoms with Crippen LogP contribution in [0.4, 0.5) is 0 Å². The van der Waals surface area contributed by atoms with Crippen molar-refractivity contribution in [2.24, 2.45) is 5.73 Å². The molecule has 0 saturated heterocycles. The van der Waals surface area contributed by atoms with Gasteiger partial charge in [0, 0.05) is 5.70 Å². The molecule has 0 aliphatic carbocycles. The Morgan fingerprint density at radius 1 is 1.23 bits per heavy atom. The van der Waals surface area contributed by atoms with Crippen molar-refractivity contribution in [3.63, 3.8) is 0 Å². The second-order valence-corrected chi connectivity index (χ2v) is 3.00. The molecule has 0 bridgehead atoms. The van der Waals surface area contributed by atoms with Crippen molar-refractivity contribution in [1.29, 1.82) is 0 Å². The van der Waals surface area contributed by atoms with Crippen LogP contribution in [0.25, 0.3) is 0 Å². The number of esters is 1. The fourth-order valence-corrected chi connectivity index (χ4v) is 0.557. The van der Waals surface area contributed by atoms with E-state index in [2.05, 4.69) is 0 Å². The van der Waals surface area contributed by atoms with Crippen molar-refractivity contribution < 1.29 is 14.3 Å². The smallest absolute Gasteiger partial charge is 0.313 e. The molecule has 4 nitrogen and oxygen atoms in total. The topological polar surface area (TPSA) is 69.4 Å². The first-order valence-electron chi connectivity index (χ1n) is 4.00. The highest BCUT2D eigenvalue weighted by molar-refractivity contribution is 5.94. The lowest BCUT2D eigenvalue weighted by Gasteiger charge is -2.04. The molecule has 0 heterocycles. The maximum absolute atomic E-state index is 10.9. The van der Waals surface area contributed by atoms with E-state index in [1.54, 1.807) is 13.8 Å². The molecule has 74 valence electrons. The van der Waals surface area contributed by atoms with Crippen LogP contribution in [0, 0.1) is 0 Å². The summed E-state index contributed by atoms with van der Waals surface area (Å²) in [4.78, 5) is 21.4. The molecule has 0 radical (unpaired) electrons. The van der Waals surface area contributed by atoms with Gasteiger partial charge >= 0.3 is 5.97 Å². The summed E-state index contributed by atoms with van der Waals surface area (Å²) in [7, 11) is 0. The Morgan fingerprint density at radius 3 is 2.15 bits per heavy atom. The molecular formula is C9H15NO3. The lowest BCUT2D eigenvalue weighted by Crippen LogP contribution is -2.11. The van der Waals surface area contributed by atoms with E-state index in [-0.39, 0.29) is 18.8 Å². The zero-order valence-corrected chi connectivity index (χ0v) is 8.22. The fourth-order valence-electron chi connectivity index (χ4n) is 0.557. The largest absolute Gasteiger partial charge is 0.461 e. The Kier molecular flexibility index (Phi) is 4.80. The molecule has 0 saturated carbocycles. The third kappa shape index (κ3) is 5.90. The average Bonchev–Trinajstić information content (AvgIpc) is 1.98. The Bertz CT molecular complexity index is 239. The van der Waals surface area contributed by atoms with Crippen molar-refractivity contribution >= 4 is 11.8 Å². The van der Waals surface area contributed by atoms with Crippen LogP contribution in [0.15, 0.2) is 11.3 Å². The summed E-state index contributed by atoms with van der Waals surface area (Å²) < 4.78 is 4.78. The van der Waals surface area contributed by atoms with Crippen LogP contribution in [-0.4, -0.2) is 18.4 Å². The Labute approximate surface area is 77.7 Å². The van der Waals surface area contributed by atoms with Gasteiger partial charge in [-0.05, 0) is 26.3 Å². The number of Topliss-reactive ketones (excluding diaryl/α,β-unsaturated/α-hetero) is 1. The van der Waals surface area contributed by atoms with Gasteiger partial charge in [-0.3, -0.25) is 9.59 Å². The number of rotatable bonds is 4. The summed E-state index contributed by atoms with van der Waals surface area (Å²) in [5.74, 6) is -0.704. The van der Waals surface area contributed by atoms with Gasteiger partial charge in [-0.1, -0.05) is 0 Å². The summed E-state index contributed by atoms with van der Waals surface area (Å²) in [6.07, 6.45) is -0.170. The Balaban J connectivity index is 3.84. The summed E-state index contributed by atoms with van der Waals surface area (Å²) in [5, 5.41) is 0. The highest BCUT2D eigenvalue weighted by atomic mass is 16.5. The van der Waals surface area contributed by atoms with Crippen LogP contribution in [0.1, 0.15) is 27.2 Å². The van der Waals surface area contributed by atoms with Gasteiger partial charge in [0.1, 0.15) is 18.8 Å². The second kappa shape index (κ2) is 5.35. The second-order valence-electron chi connectivity index (χ2n) is 3.00. The zero-order chi connectivity index (χ0) is 10.4. The summed E-state index contributed by atoms with van der Waals surface area (Å²) in [5.41, 5.74) is 6.88. The van der Waals surface area contributed by atoms with Gasteiger partial charge in [0.25, 0.3) is 0 Å². The molecule has 0 aromatic carbocycles. The van der Waals surface area contributed by atoms with Crippen LogP contribution in [0.5, 0.6) is 0 Å². The van der Waals surface area contributed by atoms with E-state index < -0.39 is 5.97 Å². The molecule has 0 spiro atoms. The molecule has 0 fully saturated rings. The minimum atomic E-state index is -0.506. The van der Waals surface area contributed by atoms with E-state index in [1.165, 1.54) is 6.92 Å². The lowest BCUT2D eigenvalue weighted by molar-refractivity contribution is -0.144. The molecular weight excluding hydrogens is 170 g/mol. The fraction of sp³-hybridized carbons (Fsp3) is 0.556. The van der Waals surface area contributed by atoms with E-state index >= 15 is 0 Å². The minimum Gasteiger partial charge on any atom is -0.461 e. The van der Waals surface area contributed by atoms with E-state index in [1.807, 2.05) is 0 Å². The van der Waals surface area contributed by atoms with Gasteiger partial charge in [-0.2, -0.15) is 0 Å². The first kappa shape index (κ1) is 11.7. The first-order chi connectivity index (χ1) is 5.93. The van der Waals surface area contributed by atoms with Crippen LogP contribution in [-0.2, 0) is 14.3 Å². The zero-order valence-electron chi connectivity index (χ0n) is 8.22. The van der Waals surface area contributed by atoms with E-state index in [4.69, 9.17) is 10.5 Å². The molecule has 0 aromatic rings. The lowest BCUT2D eigenvalue weighted by atomic mass is 10.2. The van der Waals surface area contributed by atoms with Crippen LogP contribution >= 0.6 is 0 Å². The molecule has 0 aliphatic heterocycles. The minimum absolute atomic E-state index is 0.161. The summed E-state index contributed by atoms with van der Waals surface area (Å²) in [6.45, 7) is 5.01. The van der Waals surface area contributed by atoms with Crippen molar-refractivity contribution in [1.82, 2.24) is 0 Å². The number of hydrogen-bond donors (Lipinski definition) is 1. The average molecular weight is 185 g/mol. The molecule has 0 aromatic heterocycles. The Hall–Kier alpha value is -1.32. The van der Waals surface area contributed by atoms with Crippen molar-refractivity contribution in [3.05, 3.63) is 11.3 Å². The van der Waals surface area contributed by atoms with E-state index in [0.29, 0.717) is 5.70 Å². The molecule has 0 atom stereocenters. The van der Waals surface area contributed by atoms with Gasteiger partial charge in [-0.25, -0.2) is 0 Å². The molecule has 0 amide bonds. The number of carbonyl (C=O) groups excluding carboxylic acids is 2. The quantitative estimate of drug-likeness (QED) is 0.518. The van der Waals surface area contributed by atoms with Crippen molar-refractivity contribution in [3.8, 4) is 0 Å². The predicted molar refractivity (Wildman–Crippen MR) is 48.8 cm³/mol. The number of carbonyl (C=O) groups is 2. The van der Waals surface area contributed by atoms with Gasteiger partial charge in [-0.15, -0.1) is 0 Å². The maximum Gasteiger partial charge on any atom is 0.313 e. The standard InChI is InChI=1S/C9H15NO3/c1-6(8(3)10)5-13-9(12)4-7(2)11/h4-5,10H2,1-3H3/b8-6-. The molecule has 0 unspecified atom stereocenters. The number of ether oxygens (including phenoxy) is 1. The van der Waals surface area contributed by atoms with Crippen molar-refractivity contribution in [2.45, 2.75) is 27.2 Å². The molecule has 4 heteroatoms. The van der Waals surface area contributed by atoms with Gasteiger partial charge in [0.05, 0.1) is 0 Å². The van der Waals surface area contributed by atoms with Gasteiger partial charge in [0.15, 0.2) is 0 Å². The van der Waals surface area contributed by atoms with Crippen LogP contribution in [0.3, 0.4) is 0 Å². The highest BCUT2D eigenvalue weighted by Crippen LogP contribution is 1.99. The third-order valence-electron chi connectivity index (χ3n) is 1.52. The van der Waals surface area contributed by atoms with E-state index in [0.717, 1.165) is 5.57 Å². The predicted octanol–water partition coefficient (Wildman–Crippen LogP) is 0.761. The number of nitrogens with two attached hydrogens (primary N) is 1. The normalized spacial score (nSPS) is 11.9. The summed E-state index contributed by atoms with van der Waals surface area (Å²) in [6, 6.07) is 0. The number of ketones is 1. The molecule has 2 N–H and O–H groups in total. The number of allylic oxidation sites excluding steroid dienone is 1. The Morgan fingerprint density at radius 2 is 1.77 bits per heavy atom. The molecule has 0 rings (SSSR count). The molecule has 0 aliphatic rings. The first-order valence-corrected chi connectivity index (χ1v) is 4.00. The number of hydrogen-bond acceptors (Lipinski definition) is 4. The maximum atomic E-state index is 10.9. The molecule has 13 heavy (non-hydrogen) atoms. The highest BCUT2D eigenvalue weighted by Gasteiger charge is 2.06. The third-order valence-corrected chi connectivity index (χ3v) is 1.52. The van der Waals surface area contributed by atoms with Gasteiger partial charge in [0.2, 0.25) is 0 Å². The summed E-state index contributed by atoms with van der Waals surface area (Å²) >= 11 is 0. The SMILES string of the molecule is CC(=O)CC(=O)OC/C(C)=C(/C)N. The monoisotopic (exact) mass is 185 g/mol. The van der Waals surface area contributed by atoms with Crippen molar-refractivity contribution in [2.75, 3.05) is 6.61 Å².